The normalized spacial score (nSPS) is 10.0. The van der Waals surface area contributed by atoms with Crippen LogP contribution in [-0.2, 0) is 9.59 Å². The minimum Gasteiger partial charge on any atom is -0.484 e. The van der Waals surface area contributed by atoms with E-state index in [0.717, 1.165) is 0 Å². The predicted molar refractivity (Wildman–Crippen MR) is 105 cm³/mol. The second-order valence-corrected chi connectivity index (χ2v) is 5.72. The van der Waals surface area contributed by atoms with Crippen LogP contribution in [0.1, 0.15) is 0 Å². The van der Waals surface area contributed by atoms with Gasteiger partial charge in [0.1, 0.15) is 11.5 Å². The van der Waals surface area contributed by atoms with E-state index in [-0.39, 0.29) is 25.0 Å². The van der Waals surface area contributed by atoms with E-state index in [2.05, 4.69) is 15.6 Å². The Kier molecular flexibility index (Phi) is 6.57. The molecule has 0 aliphatic carbocycles. The molecule has 0 unspecified atom stereocenters. The van der Waals surface area contributed by atoms with Gasteiger partial charge in [-0.2, -0.15) is 0 Å². The fourth-order valence-electron chi connectivity index (χ4n) is 2.31. The quantitative estimate of drug-likeness (QED) is 0.630. The topological polar surface area (TPSA) is 89.5 Å². The van der Waals surface area contributed by atoms with Crippen LogP contribution in [0.4, 0.5) is 11.4 Å². The molecule has 142 valence electrons. The average molecular weight is 377 g/mol. The van der Waals surface area contributed by atoms with Crippen LogP contribution < -0.4 is 20.1 Å². The maximum Gasteiger partial charge on any atom is 0.262 e. The maximum atomic E-state index is 12.1. The van der Waals surface area contributed by atoms with Gasteiger partial charge in [0.05, 0.1) is 17.6 Å². The SMILES string of the molecule is O=C(COc1ccccc1)Nc1ccncc1NC(=O)COc1ccccc1. The maximum absolute atomic E-state index is 12.1. The number of benzene rings is 2. The third-order valence-electron chi connectivity index (χ3n) is 3.60. The first-order chi connectivity index (χ1) is 13.7. The molecule has 28 heavy (non-hydrogen) atoms. The van der Waals surface area contributed by atoms with Gasteiger partial charge in [0.2, 0.25) is 0 Å². The Hall–Kier alpha value is -3.87. The van der Waals surface area contributed by atoms with Crippen molar-refractivity contribution in [1.29, 1.82) is 0 Å². The van der Waals surface area contributed by atoms with Crippen molar-refractivity contribution in [3.63, 3.8) is 0 Å². The van der Waals surface area contributed by atoms with Gasteiger partial charge in [-0.05, 0) is 30.3 Å². The number of rotatable bonds is 8. The third-order valence-corrected chi connectivity index (χ3v) is 3.60. The molecule has 3 rings (SSSR count). The second kappa shape index (κ2) is 9.72. The summed E-state index contributed by atoms with van der Waals surface area (Å²) in [5, 5.41) is 5.38. The molecule has 0 bridgehead atoms. The van der Waals surface area contributed by atoms with Crippen LogP contribution in [-0.4, -0.2) is 30.0 Å². The number of nitrogens with zero attached hydrogens (tertiary/aromatic N) is 1. The fourth-order valence-corrected chi connectivity index (χ4v) is 2.31. The molecule has 0 aliphatic rings. The van der Waals surface area contributed by atoms with Gasteiger partial charge in [-0.1, -0.05) is 36.4 Å². The number of pyridine rings is 1. The molecule has 0 aliphatic heterocycles. The zero-order valence-corrected chi connectivity index (χ0v) is 15.0. The highest BCUT2D eigenvalue weighted by Crippen LogP contribution is 2.20. The van der Waals surface area contributed by atoms with Crippen molar-refractivity contribution < 1.29 is 19.1 Å². The Morgan fingerprint density at radius 3 is 1.75 bits per heavy atom. The van der Waals surface area contributed by atoms with Crippen molar-refractivity contribution in [2.45, 2.75) is 0 Å². The molecule has 0 atom stereocenters. The second-order valence-electron chi connectivity index (χ2n) is 5.72. The van der Waals surface area contributed by atoms with Crippen LogP contribution in [0, 0.1) is 0 Å². The number of hydrogen-bond acceptors (Lipinski definition) is 5. The van der Waals surface area contributed by atoms with Crippen molar-refractivity contribution in [2.75, 3.05) is 23.8 Å². The number of carbonyl (C=O) groups excluding carboxylic acids is 2. The Bertz CT molecular complexity index is 841. The highest BCUT2D eigenvalue weighted by molar-refractivity contribution is 6.00. The summed E-state index contributed by atoms with van der Waals surface area (Å²) in [5.74, 6) is 0.466. The summed E-state index contributed by atoms with van der Waals surface area (Å²) in [6, 6.07) is 19.6. The van der Waals surface area contributed by atoms with Gasteiger partial charge in [0, 0.05) is 6.20 Å². The molecule has 0 fully saturated rings. The zero-order valence-electron chi connectivity index (χ0n) is 15.0. The first-order valence-electron chi connectivity index (χ1n) is 8.60. The molecule has 1 heterocycles. The molecule has 7 heteroatoms. The van der Waals surface area contributed by atoms with Crippen LogP contribution >= 0.6 is 0 Å². The minimum atomic E-state index is -0.368. The minimum absolute atomic E-state index is 0.156. The van der Waals surface area contributed by atoms with E-state index in [0.29, 0.717) is 22.9 Å². The van der Waals surface area contributed by atoms with E-state index in [4.69, 9.17) is 9.47 Å². The average Bonchev–Trinajstić information content (AvgIpc) is 2.74. The summed E-state index contributed by atoms with van der Waals surface area (Å²) < 4.78 is 10.8. The largest absolute Gasteiger partial charge is 0.484 e. The zero-order chi connectivity index (χ0) is 19.6. The highest BCUT2D eigenvalue weighted by Gasteiger charge is 2.11. The van der Waals surface area contributed by atoms with Crippen LogP contribution in [0.15, 0.2) is 79.1 Å². The molecule has 3 aromatic rings. The Labute approximate surface area is 162 Å². The highest BCUT2D eigenvalue weighted by atomic mass is 16.5. The summed E-state index contributed by atoms with van der Waals surface area (Å²) in [6.45, 7) is -0.319. The number of carbonyl (C=O) groups is 2. The standard InChI is InChI=1S/C21H19N3O4/c25-20(14-27-16-7-3-1-4-8-16)23-18-11-12-22-13-19(18)24-21(26)15-28-17-9-5-2-6-10-17/h1-13H,14-15H2,(H,24,26)(H,22,23,25). The summed E-state index contributed by atoms with van der Waals surface area (Å²) >= 11 is 0. The number of aromatic nitrogens is 1. The molecule has 0 saturated heterocycles. The lowest BCUT2D eigenvalue weighted by Gasteiger charge is -2.12. The molecule has 0 saturated carbocycles. The molecule has 7 nitrogen and oxygen atoms in total. The lowest BCUT2D eigenvalue weighted by Crippen LogP contribution is -2.23. The Morgan fingerprint density at radius 1 is 0.714 bits per heavy atom. The summed E-state index contributed by atoms with van der Waals surface area (Å²) in [4.78, 5) is 28.3. The fraction of sp³-hybridized carbons (Fsp3) is 0.0952. The number of amides is 2. The first kappa shape index (κ1) is 18.9. The number of para-hydroxylation sites is 2. The van der Waals surface area contributed by atoms with Crippen LogP contribution in [0.25, 0.3) is 0 Å². The molecule has 1 aromatic heterocycles. The lowest BCUT2D eigenvalue weighted by molar-refractivity contribution is -0.119. The van der Waals surface area contributed by atoms with Gasteiger partial charge < -0.3 is 20.1 Å². The van der Waals surface area contributed by atoms with Crippen molar-refractivity contribution in [2.24, 2.45) is 0 Å². The molecular weight excluding hydrogens is 358 g/mol. The monoisotopic (exact) mass is 377 g/mol. The molecular formula is C21H19N3O4. The van der Waals surface area contributed by atoms with Gasteiger partial charge in [0.15, 0.2) is 13.2 Å². The van der Waals surface area contributed by atoms with Gasteiger partial charge in [-0.3, -0.25) is 14.6 Å². The Morgan fingerprint density at radius 2 is 1.21 bits per heavy atom. The van der Waals surface area contributed by atoms with Crippen molar-refractivity contribution >= 4 is 23.2 Å². The van der Waals surface area contributed by atoms with Crippen LogP contribution in [0.2, 0.25) is 0 Å². The number of nitrogens with one attached hydrogen (secondary N) is 2. The molecule has 2 N–H and O–H groups in total. The van der Waals surface area contributed by atoms with Crippen LogP contribution in [0.5, 0.6) is 11.5 Å². The number of hydrogen-bond donors (Lipinski definition) is 2. The van der Waals surface area contributed by atoms with Crippen molar-refractivity contribution in [1.82, 2.24) is 4.98 Å². The van der Waals surface area contributed by atoms with E-state index in [9.17, 15) is 9.59 Å². The van der Waals surface area contributed by atoms with E-state index in [1.165, 1.54) is 12.4 Å². The summed E-state index contributed by atoms with van der Waals surface area (Å²) in [5.41, 5.74) is 0.793. The predicted octanol–water partition coefficient (Wildman–Crippen LogP) is 3.12. The first-order valence-corrected chi connectivity index (χ1v) is 8.60. The van der Waals surface area contributed by atoms with Gasteiger partial charge in [-0.25, -0.2) is 0 Å². The van der Waals surface area contributed by atoms with Gasteiger partial charge in [-0.15, -0.1) is 0 Å². The van der Waals surface area contributed by atoms with Gasteiger partial charge >= 0.3 is 0 Å². The van der Waals surface area contributed by atoms with E-state index in [1.54, 1.807) is 30.3 Å². The molecule has 2 amide bonds. The van der Waals surface area contributed by atoms with Crippen molar-refractivity contribution in [3.05, 3.63) is 79.1 Å². The number of anilines is 2. The van der Waals surface area contributed by atoms with Crippen molar-refractivity contribution in [3.8, 4) is 11.5 Å². The Balaban J connectivity index is 1.53. The number of ether oxygens (including phenoxy) is 2. The van der Waals surface area contributed by atoms with Gasteiger partial charge in [0.25, 0.3) is 11.8 Å². The molecule has 0 radical (unpaired) electrons. The lowest BCUT2D eigenvalue weighted by atomic mass is 10.3. The van der Waals surface area contributed by atoms with E-state index < -0.39 is 0 Å². The molecule has 2 aromatic carbocycles. The van der Waals surface area contributed by atoms with Crippen LogP contribution in [0.3, 0.4) is 0 Å². The smallest absolute Gasteiger partial charge is 0.262 e. The van der Waals surface area contributed by atoms with E-state index in [1.807, 2.05) is 36.4 Å². The summed E-state index contributed by atoms with van der Waals surface area (Å²) in [6.07, 6.45) is 2.97. The molecule has 0 spiro atoms. The summed E-state index contributed by atoms with van der Waals surface area (Å²) in [7, 11) is 0. The van der Waals surface area contributed by atoms with E-state index >= 15 is 0 Å². The third kappa shape index (κ3) is 5.84.